The molecule has 1 amide bonds. The molecule has 0 unspecified atom stereocenters. The highest BCUT2D eigenvalue weighted by Gasteiger charge is 2.21. The Labute approximate surface area is 186 Å². The fourth-order valence-electron chi connectivity index (χ4n) is 3.35. The standard InChI is InChI=1S/C22H17N5O4S/c1-13(28)15-7-18-19(31-12-30-18)8-17(15)26-20(29)10-32-22-16-9-25-27(21(16)23-11-24-22)14-5-3-2-4-6-14/h2-9,11H,10,12H2,1H3,(H,26,29). The molecule has 0 atom stereocenters. The van der Waals surface area contributed by atoms with E-state index in [1.807, 2.05) is 30.3 Å². The van der Waals surface area contributed by atoms with Gasteiger partial charge in [0.1, 0.15) is 11.4 Å². The number of thioether (sulfide) groups is 1. The fraction of sp³-hybridized carbons (Fsp3) is 0.136. The quantitative estimate of drug-likeness (QED) is 0.272. The number of fused-ring (bicyclic) bond motifs is 2. The van der Waals surface area contributed by atoms with Crippen molar-refractivity contribution in [1.82, 2.24) is 19.7 Å². The zero-order chi connectivity index (χ0) is 22.1. The van der Waals surface area contributed by atoms with Crippen LogP contribution < -0.4 is 14.8 Å². The average Bonchev–Trinajstić information content (AvgIpc) is 3.44. The number of Topliss-reactive ketones (excluding diaryl/α,β-unsaturated/α-hetero) is 1. The highest BCUT2D eigenvalue weighted by Crippen LogP contribution is 2.37. The summed E-state index contributed by atoms with van der Waals surface area (Å²) in [5, 5.41) is 8.61. The third-order valence-electron chi connectivity index (χ3n) is 4.84. The molecule has 0 saturated heterocycles. The molecule has 0 aliphatic carbocycles. The normalized spacial score (nSPS) is 12.2. The highest BCUT2D eigenvalue weighted by atomic mass is 32.2. The summed E-state index contributed by atoms with van der Waals surface area (Å²) in [5.41, 5.74) is 2.29. The molecule has 4 aromatic rings. The van der Waals surface area contributed by atoms with Crippen LogP contribution in [0, 0.1) is 0 Å². The molecule has 0 bridgehead atoms. The van der Waals surface area contributed by atoms with Crippen molar-refractivity contribution in [2.45, 2.75) is 11.9 Å². The van der Waals surface area contributed by atoms with Crippen molar-refractivity contribution < 1.29 is 19.1 Å². The lowest BCUT2D eigenvalue weighted by molar-refractivity contribution is -0.113. The fourth-order valence-corrected chi connectivity index (χ4v) is 4.11. The van der Waals surface area contributed by atoms with Gasteiger partial charge in [-0.1, -0.05) is 30.0 Å². The Morgan fingerprint density at radius 3 is 2.69 bits per heavy atom. The molecule has 0 saturated carbocycles. The van der Waals surface area contributed by atoms with Gasteiger partial charge in [0.05, 0.1) is 28.7 Å². The molecule has 3 heterocycles. The summed E-state index contributed by atoms with van der Waals surface area (Å²) >= 11 is 1.27. The van der Waals surface area contributed by atoms with E-state index >= 15 is 0 Å². The van der Waals surface area contributed by atoms with Crippen molar-refractivity contribution in [3.63, 3.8) is 0 Å². The maximum atomic E-state index is 12.6. The number of nitrogens with zero attached hydrogens (tertiary/aromatic N) is 4. The number of benzene rings is 2. The van der Waals surface area contributed by atoms with Gasteiger partial charge < -0.3 is 14.8 Å². The lowest BCUT2D eigenvalue weighted by Gasteiger charge is -2.10. The SMILES string of the molecule is CC(=O)c1cc2c(cc1NC(=O)CSc1ncnc3c1cnn3-c1ccccc1)OCO2. The van der Waals surface area contributed by atoms with Crippen LogP contribution >= 0.6 is 11.8 Å². The van der Waals surface area contributed by atoms with Crippen LogP contribution in [0.15, 0.2) is 60.0 Å². The number of hydrogen-bond donors (Lipinski definition) is 1. The number of ketones is 1. The number of anilines is 1. The third-order valence-corrected chi connectivity index (χ3v) is 5.84. The van der Waals surface area contributed by atoms with Crippen LogP contribution in [0.2, 0.25) is 0 Å². The van der Waals surface area contributed by atoms with Crippen molar-refractivity contribution in [2.24, 2.45) is 0 Å². The number of carbonyl (C=O) groups is 2. The maximum Gasteiger partial charge on any atom is 0.234 e. The van der Waals surface area contributed by atoms with Crippen LogP contribution in [0.5, 0.6) is 11.5 Å². The molecule has 1 N–H and O–H groups in total. The Balaban J connectivity index is 1.34. The maximum absolute atomic E-state index is 12.6. The van der Waals surface area contributed by atoms with E-state index < -0.39 is 0 Å². The van der Waals surface area contributed by atoms with Crippen molar-refractivity contribution in [3.8, 4) is 17.2 Å². The highest BCUT2D eigenvalue weighted by molar-refractivity contribution is 8.00. The second kappa shape index (κ2) is 8.31. The summed E-state index contributed by atoms with van der Waals surface area (Å²) in [5.74, 6) is 0.606. The van der Waals surface area contributed by atoms with E-state index in [4.69, 9.17) is 9.47 Å². The average molecular weight is 447 g/mol. The number of aromatic nitrogens is 4. The van der Waals surface area contributed by atoms with Crippen LogP contribution in [-0.2, 0) is 4.79 Å². The lowest BCUT2D eigenvalue weighted by Crippen LogP contribution is -2.16. The van der Waals surface area contributed by atoms with Gasteiger partial charge in [0.25, 0.3) is 0 Å². The first-order valence-electron chi connectivity index (χ1n) is 9.71. The Morgan fingerprint density at radius 1 is 1.12 bits per heavy atom. The predicted molar refractivity (Wildman–Crippen MR) is 119 cm³/mol. The van der Waals surface area contributed by atoms with Crippen LogP contribution in [0.4, 0.5) is 5.69 Å². The Bertz CT molecular complexity index is 1340. The molecule has 1 aliphatic rings. The summed E-state index contributed by atoms with van der Waals surface area (Å²) < 4.78 is 12.4. The van der Waals surface area contributed by atoms with E-state index in [-0.39, 0.29) is 24.2 Å². The van der Waals surface area contributed by atoms with Gasteiger partial charge in [0, 0.05) is 11.6 Å². The molecule has 160 valence electrons. The minimum absolute atomic E-state index is 0.0836. The first kappa shape index (κ1) is 20.0. The molecule has 0 radical (unpaired) electrons. The summed E-state index contributed by atoms with van der Waals surface area (Å²) in [6.07, 6.45) is 3.14. The summed E-state index contributed by atoms with van der Waals surface area (Å²) in [6, 6.07) is 12.8. The molecule has 0 spiro atoms. The predicted octanol–water partition coefficient (Wildman–Crippen LogP) is 3.48. The molecular formula is C22H17N5O4S. The van der Waals surface area contributed by atoms with E-state index in [1.165, 1.54) is 25.0 Å². The second-order valence-electron chi connectivity index (χ2n) is 6.95. The lowest BCUT2D eigenvalue weighted by atomic mass is 10.1. The second-order valence-corrected chi connectivity index (χ2v) is 7.92. The van der Waals surface area contributed by atoms with E-state index in [2.05, 4.69) is 20.4 Å². The molecule has 5 rings (SSSR count). The van der Waals surface area contributed by atoms with Gasteiger partial charge in [0.2, 0.25) is 12.7 Å². The van der Waals surface area contributed by atoms with E-state index in [9.17, 15) is 9.59 Å². The van der Waals surface area contributed by atoms with Gasteiger partial charge in [-0.05, 0) is 25.1 Å². The van der Waals surface area contributed by atoms with Crippen molar-refractivity contribution in [1.29, 1.82) is 0 Å². The van der Waals surface area contributed by atoms with Gasteiger partial charge >= 0.3 is 0 Å². The number of hydrogen-bond acceptors (Lipinski definition) is 8. The number of carbonyl (C=O) groups excluding carboxylic acids is 2. The monoisotopic (exact) mass is 447 g/mol. The van der Waals surface area contributed by atoms with Crippen molar-refractivity contribution in [3.05, 3.63) is 60.6 Å². The van der Waals surface area contributed by atoms with Gasteiger partial charge in [-0.15, -0.1) is 0 Å². The number of para-hydroxylation sites is 1. The number of ether oxygens (including phenoxy) is 2. The molecule has 32 heavy (non-hydrogen) atoms. The van der Waals surface area contributed by atoms with Crippen molar-refractivity contribution >= 4 is 40.2 Å². The summed E-state index contributed by atoms with van der Waals surface area (Å²) in [4.78, 5) is 33.3. The molecule has 2 aromatic carbocycles. The summed E-state index contributed by atoms with van der Waals surface area (Å²) in [7, 11) is 0. The minimum Gasteiger partial charge on any atom is -0.454 e. The van der Waals surface area contributed by atoms with Crippen LogP contribution in [0.3, 0.4) is 0 Å². The first-order chi connectivity index (χ1) is 15.6. The number of nitrogens with one attached hydrogen (secondary N) is 1. The molecule has 9 nitrogen and oxygen atoms in total. The third kappa shape index (κ3) is 3.76. The van der Waals surface area contributed by atoms with Crippen LogP contribution in [-0.4, -0.2) is 44.0 Å². The largest absolute Gasteiger partial charge is 0.454 e. The Morgan fingerprint density at radius 2 is 1.91 bits per heavy atom. The smallest absolute Gasteiger partial charge is 0.234 e. The molecule has 10 heteroatoms. The van der Waals surface area contributed by atoms with Crippen LogP contribution in [0.1, 0.15) is 17.3 Å². The Kier molecular flexibility index (Phi) is 5.20. The minimum atomic E-state index is -0.279. The Hall–Kier alpha value is -3.92. The summed E-state index contributed by atoms with van der Waals surface area (Å²) in [6.45, 7) is 1.52. The van der Waals surface area contributed by atoms with Gasteiger partial charge in [-0.3, -0.25) is 9.59 Å². The van der Waals surface area contributed by atoms with Gasteiger partial charge in [0.15, 0.2) is 22.9 Å². The number of amides is 1. The van der Waals surface area contributed by atoms with Crippen LogP contribution in [0.25, 0.3) is 16.7 Å². The van der Waals surface area contributed by atoms with Gasteiger partial charge in [-0.25, -0.2) is 14.6 Å². The first-order valence-corrected chi connectivity index (χ1v) is 10.7. The zero-order valence-corrected chi connectivity index (χ0v) is 17.8. The number of rotatable bonds is 6. The van der Waals surface area contributed by atoms with E-state index in [0.29, 0.717) is 33.4 Å². The molecule has 0 fully saturated rings. The van der Waals surface area contributed by atoms with E-state index in [0.717, 1.165) is 11.1 Å². The molecule has 2 aromatic heterocycles. The topological polar surface area (TPSA) is 108 Å². The van der Waals surface area contributed by atoms with E-state index in [1.54, 1.807) is 23.0 Å². The van der Waals surface area contributed by atoms with Crippen molar-refractivity contribution in [2.75, 3.05) is 17.9 Å². The molecular weight excluding hydrogens is 430 g/mol. The van der Waals surface area contributed by atoms with Gasteiger partial charge in [-0.2, -0.15) is 5.10 Å². The molecule has 1 aliphatic heterocycles. The zero-order valence-electron chi connectivity index (χ0n) is 16.9.